The van der Waals surface area contributed by atoms with Crippen molar-refractivity contribution in [2.24, 2.45) is 0 Å². The van der Waals surface area contributed by atoms with Gasteiger partial charge in [-0.1, -0.05) is 29.8 Å². The Labute approximate surface area is 209 Å². The molecule has 2 fully saturated rings. The Bertz CT molecular complexity index is 1280. The van der Waals surface area contributed by atoms with Crippen LogP contribution in [0.2, 0.25) is 5.02 Å². The topological polar surface area (TPSA) is 98.6 Å². The van der Waals surface area contributed by atoms with Gasteiger partial charge < -0.3 is 5.32 Å². The quantitative estimate of drug-likeness (QED) is 0.372. The van der Waals surface area contributed by atoms with Crippen LogP contribution < -0.4 is 14.9 Å². The number of nitrogens with zero attached hydrogens (tertiary/aromatic N) is 2. The molecule has 8 nitrogen and oxygen atoms in total. The number of carbonyl (C=O) groups excluding carboxylic acids is 2. The number of hydrogen-bond donors (Lipinski definition) is 2. The van der Waals surface area contributed by atoms with Crippen molar-refractivity contribution < 1.29 is 35.6 Å². The van der Waals surface area contributed by atoms with E-state index in [1.807, 2.05) is 0 Å². The molecular weight excluding hydrogens is 528 g/mol. The molecule has 194 valence electrons. The van der Waals surface area contributed by atoms with Crippen molar-refractivity contribution in [3.05, 3.63) is 64.7 Å². The first-order valence-corrected chi connectivity index (χ1v) is 12.6. The second kappa shape index (κ2) is 9.96. The van der Waals surface area contributed by atoms with Gasteiger partial charge in [-0.3, -0.25) is 14.5 Å². The van der Waals surface area contributed by atoms with Crippen molar-refractivity contribution >= 4 is 39.3 Å². The fourth-order valence-electron chi connectivity index (χ4n) is 3.82. The molecule has 14 heteroatoms. The van der Waals surface area contributed by atoms with Gasteiger partial charge in [0.05, 0.1) is 6.54 Å². The maximum Gasteiger partial charge on any atom is 0.280 e. The zero-order valence-electron chi connectivity index (χ0n) is 18.6. The van der Waals surface area contributed by atoms with Gasteiger partial charge in [0.2, 0.25) is 11.8 Å². The number of alkyl halides is 2. The normalized spacial score (nSPS) is 18.2. The summed E-state index contributed by atoms with van der Waals surface area (Å²) in [7, 11) is -3.97. The van der Waals surface area contributed by atoms with E-state index < -0.39 is 71.1 Å². The fourth-order valence-corrected chi connectivity index (χ4v) is 5.11. The minimum atomic E-state index is -3.97. The van der Waals surface area contributed by atoms with Gasteiger partial charge in [-0.15, -0.1) is 0 Å². The van der Waals surface area contributed by atoms with Crippen LogP contribution in [0, 0.1) is 11.6 Å². The van der Waals surface area contributed by atoms with Crippen LogP contribution >= 0.6 is 11.6 Å². The fraction of sp³-hybridized carbons (Fsp3) is 0.364. The molecule has 0 aromatic heterocycles. The van der Waals surface area contributed by atoms with E-state index in [1.54, 1.807) is 6.07 Å². The van der Waals surface area contributed by atoms with Crippen molar-refractivity contribution in [2.75, 3.05) is 24.5 Å². The second-order valence-corrected chi connectivity index (χ2v) is 10.6. The first-order chi connectivity index (χ1) is 16.9. The highest BCUT2D eigenvalue weighted by molar-refractivity contribution is 7.87. The Kier molecular flexibility index (Phi) is 7.28. The highest BCUT2D eigenvalue weighted by Crippen LogP contribution is 2.39. The first-order valence-electron chi connectivity index (χ1n) is 10.8. The molecular formula is C22H21ClF4N4O4S. The standard InChI is InChI=1S/C22H21ClF4N4O4S/c23-16-4-2-1-3-15(16)20(21(33)29-13-10-22(26,27)11-13)31(14-5-6-17(24)18(25)9-14)19(32)12-28-36(34,35)30-7-8-30/h1-6,9,13,20,28H,7-8,10-12H2,(H,29,33)/t20-/m1/s1. The molecule has 0 bridgehead atoms. The predicted molar refractivity (Wildman–Crippen MR) is 123 cm³/mol. The molecule has 1 atom stereocenters. The van der Waals surface area contributed by atoms with Gasteiger partial charge in [-0.2, -0.15) is 17.4 Å². The van der Waals surface area contributed by atoms with Gasteiger partial charge in [0, 0.05) is 54.3 Å². The highest BCUT2D eigenvalue weighted by Gasteiger charge is 2.47. The van der Waals surface area contributed by atoms with Crippen LogP contribution in [0.5, 0.6) is 0 Å². The molecule has 36 heavy (non-hydrogen) atoms. The maximum atomic E-state index is 14.2. The number of carbonyl (C=O) groups is 2. The average Bonchev–Trinajstić information content (AvgIpc) is 3.63. The summed E-state index contributed by atoms with van der Waals surface area (Å²) in [5.74, 6) is -7.39. The summed E-state index contributed by atoms with van der Waals surface area (Å²) in [6.07, 6.45) is -1.22. The summed E-state index contributed by atoms with van der Waals surface area (Å²) in [4.78, 5) is 27.5. The van der Waals surface area contributed by atoms with Crippen LogP contribution in [-0.4, -0.2) is 56.1 Å². The first kappa shape index (κ1) is 26.3. The third-order valence-electron chi connectivity index (χ3n) is 5.74. The van der Waals surface area contributed by atoms with Gasteiger partial charge in [-0.05, 0) is 18.2 Å². The third-order valence-corrected chi connectivity index (χ3v) is 7.64. The minimum Gasteiger partial charge on any atom is -0.351 e. The minimum absolute atomic E-state index is 0.0293. The van der Waals surface area contributed by atoms with Gasteiger partial charge in [0.1, 0.15) is 6.04 Å². The number of hydrogen-bond acceptors (Lipinski definition) is 4. The number of rotatable bonds is 9. The molecule has 2 N–H and O–H groups in total. The van der Waals surface area contributed by atoms with Crippen LogP contribution in [0.25, 0.3) is 0 Å². The van der Waals surface area contributed by atoms with E-state index in [-0.39, 0.29) is 29.4 Å². The molecule has 1 aliphatic carbocycles. The van der Waals surface area contributed by atoms with E-state index in [2.05, 4.69) is 10.0 Å². The van der Waals surface area contributed by atoms with Crippen molar-refractivity contribution in [3.63, 3.8) is 0 Å². The summed E-state index contributed by atoms with van der Waals surface area (Å²) in [5, 5.41) is 2.47. The summed E-state index contributed by atoms with van der Waals surface area (Å²) < 4.78 is 82.1. The molecule has 1 aliphatic heterocycles. The lowest BCUT2D eigenvalue weighted by molar-refractivity contribution is -0.132. The van der Waals surface area contributed by atoms with E-state index in [9.17, 15) is 35.6 Å². The molecule has 0 radical (unpaired) electrons. The van der Waals surface area contributed by atoms with E-state index in [0.717, 1.165) is 21.3 Å². The van der Waals surface area contributed by atoms with E-state index >= 15 is 0 Å². The largest absolute Gasteiger partial charge is 0.351 e. The molecule has 2 aromatic carbocycles. The van der Waals surface area contributed by atoms with Gasteiger partial charge in [0.15, 0.2) is 11.6 Å². The van der Waals surface area contributed by atoms with Gasteiger partial charge >= 0.3 is 0 Å². The number of halogens is 5. The molecule has 2 aromatic rings. The maximum absolute atomic E-state index is 14.2. The molecule has 0 unspecified atom stereocenters. The van der Waals surface area contributed by atoms with Crippen LogP contribution in [-0.2, 0) is 19.8 Å². The molecule has 2 amide bonds. The summed E-state index contributed by atoms with van der Waals surface area (Å²) in [6.45, 7) is -0.284. The molecule has 2 aliphatic rings. The van der Waals surface area contributed by atoms with Gasteiger partial charge in [0.25, 0.3) is 16.1 Å². The van der Waals surface area contributed by atoms with Crippen molar-refractivity contribution in [2.45, 2.75) is 30.8 Å². The van der Waals surface area contributed by atoms with Crippen LogP contribution in [0.15, 0.2) is 42.5 Å². The van der Waals surface area contributed by atoms with E-state index in [4.69, 9.17) is 11.6 Å². The zero-order valence-corrected chi connectivity index (χ0v) is 20.1. The third kappa shape index (κ3) is 5.80. The Balaban J connectivity index is 1.73. The molecule has 4 rings (SSSR count). The SMILES string of the molecule is O=C(NC1CC(F)(F)C1)[C@@H](c1ccccc1Cl)N(C(=O)CNS(=O)(=O)N1CC1)c1ccc(F)c(F)c1. The van der Waals surface area contributed by atoms with Crippen molar-refractivity contribution in [1.82, 2.24) is 14.3 Å². The summed E-state index contributed by atoms with van der Waals surface area (Å²) >= 11 is 6.29. The lowest BCUT2D eigenvalue weighted by Gasteiger charge is -2.38. The Morgan fingerprint density at radius 2 is 1.78 bits per heavy atom. The number of benzene rings is 2. The number of anilines is 1. The van der Waals surface area contributed by atoms with Crippen LogP contribution in [0.1, 0.15) is 24.4 Å². The molecule has 1 saturated carbocycles. The monoisotopic (exact) mass is 548 g/mol. The average molecular weight is 549 g/mol. The number of nitrogens with one attached hydrogen (secondary N) is 2. The predicted octanol–water partition coefficient (Wildman–Crippen LogP) is 2.76. The molecule has 0 spiro atoms. The Morgan fingerprint density at radius 3 is 2.36 bits per heavy atom. The van der Waals surface area contributed by atoms with Crippen molar-refractivity contribution in [1.29, 1.82) is 0 Å². The molecule has 1 heterocycles. The smallest absolute Gasteiger partial charge is 0.280 e. The lowest BCUT2D eigenvalue weighted by atomic mass is 9.87. The number of amides is 2. The van der Waals surface area contributed by atoms with Crippen LogP contribution in [0.4, 0.5) is 23.2 Å². The highest BCUT2D eigenvalue weighted by atomic mass is 35.5. The van der Waals surface area contributed by atoms with E-state index in [1.165, 1.54) is 18.2 Å². The molecule has 1 saturated heterocycles. The van der Waals surface area contributed by atoms with Gasteiger partial charge in [-0.25, -0.2) is 17.6 Å². The van der Waals surface area contributed by atoms with Crippen molar-refractivity contribution in [3.8, 4) is 0 Å². The second-order valence-electron chi connectivity index (χ2n) is 8.48. The Hall–Kier alpha value is -2.74. The zero-order chi connectivity index (χ0) is 26.3. The summed E-state index contributed by atoms with van der Waals surface area (Å²) in [6, 6.07) is 5.82. The van der Waals surface area contributed by atoms with E-state index in [0.29, 0.717) is 6.07 Å². The Morgan fingerprint density at radius 1 is 1.11 bits per heavy atom. The lowest BCUT2D eigenvalue weighted by Crippen LogP contribution is -2.55. The summed E-state index contributed by atoms with van der Waals surface area (Å²) in [5.41, 5.74) is -0.210. The van der Waals surface area contributed by atoms with Crippen LogP contribution in [0.3, 0.4) is 0 Å².